The molecule has 0 atom stereocenters. The number of anilines is 1. The van der Waals surface area contributed by atoms with Crippen molar-refractivity contribution in [1.29, 1.82) is 0 Å². The monoisotopic (exact) mass is 312 g/mol. The lowest BCUT2D eigenvalue weighted by atomic mass is 10.2. The zero-order valence-electron chi connectivity index (χ0n) is 13.8. The molecule has 2 aromatic rings. The molecule has 122 valence electrons. The molecule has 0 radical (unpaired) electrons. The highest BCUT2D eigenvalue weighted by Crippen LogP contribution is 2.15. The molecule has 0 amide bonds. The smallest absolute Gasteiger partial charge is 0.222 e. The van der Waals surface area contributed by atoms with Crippen LogP contribution in [0.1, 0.15) is 18.1 Å². The van der Waals surface area contributed by atoms with Crippen LogP contribution in [0.2, 0.25) is 0 Å². The first-order valence-electron chi connectivity index (χ1n) is 7.76. The van der Waals surface area contributed by atoms with E-state index in [0.717, 1.165) is 37.5 Å². The lowest BCUT2D eigenvalue weighted by molar-refractivity contribution is 0.285. The minimum Gasteiger partial charge on any atom is -0.497 e. The van der Waals surface area contributed by atoms with E-state index in [1.54, 1.807) is 7.11 Å². The third-order valence-corrected chi connectivity index (χ3v) is 3.37. The first kappa shape index (κ1) is 17.0. The van der Waals surface area contributed by atoms with Crippen molar-refractivity contribution < 1.29 is 4.74 Å². The van der Waals surface area contributed by atoms with E-state index in [2.05, 4.69) is 38.9 Å². The van der Waals surface area contributed by atoms with E-state index in [1.165, 1.54) is 5.56 Å². The lowest BCUT2D eigenvalue weighted by Gasteiger charge is -2.21. The fourth-order valence-corrected chi connectivity index (χ4v) is 2.34. The van der Waals surface area contributed by atoms with Crippen molar-refractivity contribution in [3.63, 3.8) is 0 Å². The molecule has 1 aromatic heterocycles. The van der Waals surface area contributed by atoms with Crippen molar-refractivity contribution in [2.24, 2.45) is 0 Å². The molecule has 0 aliphatic heterocycles. The van der Waals surface area contributed by atoms with Crippen molar-refractivity contribution in [2.45, 2.75) is 20.0 Å². The second-order valence-electron chi connectivity index (χ2n) is 5.26. The largest absolute Gasteiger partial charge is 0.497 e. The first-order valence-corrected chi connectivity index (χ1v) is 7.76. The van der Waals surface area contributed by atoms with Gasteiger partial charge in [0.2, 0.25) is 5.95 Å². The maximum Gasteiger partial charge on any atom is 0.222 e. The molecule has 2 rings (SSSR count). The van der Waals surface area contributed by atoms with Gasteiger partial charge in [-0.05, 0) is 24.6 Å². The summed E-state index contributed by atoms with van der Waals surface area (Å²) in [7, 11) is 1.68. The molecule has 0 saturated heterocycles. The van der Waals surface area contributed by atoms with Gasteiger partial charge in [-0.15, -0.1) is 6.58 Å². The molecule has 5 heteroatoms. The highest BCUT2D eigenvalue weighted by Gasteiger charge is 2.07. The van der Waals surface area contributed by atoms with Gasteiger partial charge in [0.05, 0.1) is 7.11 Å². The summed E-state index contributed by atoms with van der Waals surface area (Å²) < 4.78 is 5.29. The molecule has 23 heavy (non-hydrogen) atoms. The average Bonchev–Trinajstić information content (AvgIpc) is 2.57. The number of hydrogen-bond acceptors (Lipinski definition) is 5. The predicted molar refractivity (Wildman–Crippen MR) is 93.5 cm³/mol. The van der Waals surface area contributed by atoms with Crippen LogP contribution in [0.25, 0.3) is 0 Å². The molecule has 1 heterocycles. The van der Waals surface area contributed by atoms with Gasteiger partial charge < -0.3 is 10.1 Å². The van der Waals surface area contributed by atoms with E-state index in [0.29, 0.717) is 5.95 Å². The van der Waals surface area contributed by atoms with Gasteiger partial charge in [0.25, 0.3) is 0 Å². The maximum atomic E-state index is 5.29. The quantitative estimate of drug-likeness (QED) is 0.721. The Morgan fingerprint density at radius 3 is 2.61 bits per heavy atom. The van der Waals surface area contributed by atoms with Crippen LogP contribution in [0.3, 0.4) is 0 Å². The van der Waals surface area contributed by atoms with Gasteiger partial charge in [-0.2, -0.15) is 0 Å². The molecule has 0 fully saturated rings. The molecule has 0 unspecified atom stereocenters. The topological polar surface area (TPSA) is 50.3 Å². The molecule has 5 nitrogen and oxygen atoms in total. The summed E-state index contributed by atoms with van der Waals surface area (Å²) in [6, 6.07) is 8.12. The molecular weight excluding hydrogens is 288 g/mol. The number of rotatable bonds is 9. The van der Waals surface area contributed by atoms with Gasteiger partial charge in [-0.3, -0.25) is 4.90 Å². The number of methoxy groups -OCH3 is 1. The highest BCUT2D eigenvalue weighted by atomic mass is 16.5. The normalized spacial score (nSPS) is 10.6. The summed E-state index contributed by atoms with van der Waals surface area (Å²) in [5, 5.41) is 3.10. The van der Waals surface area contributed by atoms with Crippen LogP contribution in [-0.4, -0.2) is 35.1 Å². The van der Waals surface area contributed by atoms with Crippen LogP contribution in [0.15, 0.2) is 49.3 Å². The van der Waals surface area contributed by atoms with Gasteiger partial charge >= 0.3 is 0 Å². The third-order valence-electron chi connectivity index (χ3n) is 3.37. The molecule has 0 saturated carbocycles. The Morgan fingerprint density at radius 1 is 1.22 bits per heavy atom. The highest BCUT2D eigenvalue weighted by molar-refractivity contribution is 5.28. The molecular formula is C18H24N4O. The minimum atomic E-state index is 0.666. The summed E-state index contributed by atoms with van der Waals surface area (Å²) >= 11 is 0. The molecule has 0 aliphatic carbocycles. The second kappa shape index (κ2) is 8.90. The van der Waals surface area contributed by atoms with E-state index < -0.39 is 0 Å². The fraction of sp³-hybridized carbons (Fsp3) is 0.333. The van der Waals surface area contributed by atoms with Crippen molar-refractivity contribution >= 4 is 5.95 Å². The van der Waals surface area contributed by atoms with Crippen molar-refractivity contribution in [3.8, 4) is 5.75 Å². The van der Waals surface area contributed by atoms with Gasteiger partial charge in [0.15, 0.2) is 0 Å². The number of nitrogens with zero attached hydrogens (tertiary/aromatic N) is 3. The molecule has 1 aromatic carbocycles. The Hall–Kier alpha value is -2.40. The summed E-state index contributed by atoms with van der Waals surface area (Å²) in [6.07, 6.45) is 5.65. The number of hydrogen-bond donors (Lipinski definition) is 1. The predicted octanol–water partition coefficient (Wildman–Crippen LogP) is 3.11. The van der Waals surface area contributed by atoms with E-state index >= 15 is 0 Å². The number of ether oxygens (including phenoxy) is 1. The van der Waals surface area contributed by atoms with E-state index in [4.69, 9.17) is 4.74 Å². The van der Waals surface area contributed by atoms with Crippen LogP contribution < -0.4 is 10.1 Å². The summed E-state index contributed by atoms with van der Waals surface area (Å²) in [6.45, 7) is 9.08. The zero-order chi connectivity index (χ0) is 16.5. The summed E-state index contributed by atoms with van der Waals surface area (Å²) in [5.74, 6) is 1.54. The number of aromatic nitrogens is 2. The van der Waals surface area contributed by atoms with Crippen LogP contribution in [0, 0.1) is 0 Å². The SMILES string of the molecule is C=CCN(Cc1cnc(NCC)nc1)Cc1cccc(OC)c1. The standard InChI is InChI=1S/C18H24N4O/c1-4-9-22(13-15-7-6-8-17(10-15)23-3)14-16-11-20-18(19-5-2)21-12-16/h4,6-8,10-12H,1,5,9,13-14H2,2-3H3,(H,19,20,21). The zero-order valence-corrected chi connectivity index (χ0v) is 13.8. The number of nitrogens with one attached hydrogen (secondary N) is 1. The lowest BCUT2D eigenvalue weighted by Crippen LogP contribution is -2.23. The van der Waals surface area contributed by atoms with Gasteiger partial charge in [-0.1, -0.05) is 18.2 Å². The Labute approximate surface area is 138 Å². The Bertz CT molecular complexity index is 613. The minimum absolute atomic E-state index is 0.666. The fourth-order valence-electron chi connectivity index (χ4n) is 2.34. The van der Waals surface area contributed by atoms with Gasteiger partial charge in [-0.25, -0.2) is 9.97 Å². The van der Waals surface area contributed by atoms with E-state index in [-0.39, 0.29) is 0 Å². The maximum absolute atomic E-state index is 5.29. The second-order valence-corrected chi connectivity index (χ2v) is 5.26. The van der Waals surface area contributed by atoms with Crippen molar-refractivity contribution in [2.75, 3.05) is 25.5 Å². The summed E-state index contributed by atoms with van der Waals surface area (Å²) in [4.78, 5) is 10.9. The van der Waals surface area contributed by atoms with Crippen molar-refractivity contribution in [1.82, 2.24) is 14.9 Å². The Morgan fingerprint density at radius 2 is 1.96 bits per heavy atom. The van der Waals surface area contributed by atoms with Crippen LogP contribution >= 0.6 is 0 Å². The van der Waals surface area contributed by atoms with Gasteiger partial charge in [0, 0.05) is 44.1 Å². The van der Waals surface area contributed by atoms with Crippen LogP contribution in [0.5, 0.6) is 5.75 Å². The number of benzene rings is 1. The third kappa shape index (κ3) is 5.38. The molecule has 0 spiro atoms. The Balaban J connectivity index is 2.03. The average molecular weight is 312 g/mol. The molecule has 0 bridgehead atoms. The van der Waals surface area contributed by atoms with Crippen LogP contribution in [-0.2, 0) is 13.1 Å². The Kier molecular flexibility index (Phi) is 6.56. The molecule has 1 N–H and O–H groups in total. The van der Waals surface area contributed by atoms with E-state index in [1.807, 2.05) is 37.5 Å². The first-order chi connectivity index (χ1) is 11.2. The van der Waals surface area contributed by atoms with Crippen LogP contribution in [0.4, 0.5) is 5.95 Å². The molecule has 0 aliphatic rings. The summed E-state index contributed by atoms with van der Waals surface area (Å²) in [5.41, 5.74) is 2.28. The van der Waals surface area contributed by atoms with E-state index in [9.17, 15) is 0 Å². The van der Waals surface area contributed by atoms with Gasteiger partial charge in [0.1, 0.15) is 5.75 Å². The van der Waals surface area contributed by atoms with Crippen molar-refractivity contribution in [3.05, 3.63) is 60.4 Å².